The Morgan fingerprint density at radius 3 is 2.53 bits per heavy atom. The fourth-order valence-electron chi connectivity index (χ4n) is 1.32. The summed E-state index contributed by atoms with van der Waals surface area (Å²) in [7, 11) is 1.62. The van der Waals surface area contributed by atoms with Crippen LogP contribution in [0.5, 0.6) is 0 Å². The molecule has 0 saturated heterocycles. The molecule has 0 saturated carbocycles. The molecule has 0 N–H and O–H groups in total. The van der Waals surface area contributed by atoms with Gasteiger partial charge in [-0.15, -0.1) is 0 Å². The number of hydrogen-bond acceptors (Lipinski definition) is 3. The lowest BCUT2D eigenvalue weighted by Crippen LogP contribution is -2.24. The van der Waals surface area contributed by atoms with Gasteiger partial charge < -0.3 is 9.47 Å². The Bertz CT molecular complexity index is 408. The Morgan fingerprint density at radius 2 is 2.00 bits per heavy atom. The highest BCUT2D eigenvalue weighted by Gasteiger charge is 2.20. The summed E-state index contributed by atoms with van der Waals surface area (Å²) < 4.78 is 11.1. The summed E-state index contributed by atoms with van der Waals surface area (Å²) in [6, 6.07) is 5.51. The van der Waals surface area contributed by atoms with Crippen molar-refractivity contribution in [3.63, 3.8) is 0 Å². The van der Waals surface area contributed by atoms with Crippen molar-refractivity contribution in [3.05, 3.63) is 33.8 Å². The lowest BCUT2D eigenvalue weighted by molar-refractivity contribution is 0.00682. The van der Waals surface area contributed by atoms with Crippen molar-refractivity contribution in [3.8, 4) is 0 Å². The first-order valence-corrected chi connectivity index (χ1v) is 6.13. The van der Waals surface area contributed by atoms with Crippen molar-refractivity contribution in [1.82, 2.24) is 0 Å². The summed E-state index contributed by atoms with van der Waals surface area (Å²) in [5, 5.41) is 0. The minimum atomic E-state index is -0.492. The van der Waals surface area contributed by atoms with Crippen molar-refractivity contribution in [2.75, 3.05) is 7.11 Å². The van der Waals surface area contributed by atoms with E-state index < -0.39 is 5.60 Å². The van der Waals surface area contributed by atoms with Gasteiger partial charge in [-0.05, 0) is 54.4 Å². The zero-order chi connectivity index (χ0) is 13.1. The van der Waals surface area contributed by atoms with Gasteiger partial charge in [0.2, 0.25) is 0 Å². The maximum Gasteiger partial charge on any atom is 0.339 e. The molecule has 0 amide bonds. The van der Waals surface area contributed by atoms with E-state index in [1.807, 2.05) is 32.9 Å². The highest BCUT2D eigenvalue weighted by Crippen LogP contribution is 2.22. The van der Waals surface area contributed by atoms with Crippen LogP contribution < -0.4 is 0 Å². The van der Waals surface area contributed by atoms with Crippen LogP contribution in [0.25, 0.3) is 0 Å². The predicted molar refractivity (Wildman–Crippen MR) is 70.0 cm³/mol. The molecule has 0 unspecified atom stereocenters. The Kier molecular flexibility index (Phi) is 4.71. The second-order valence-electron chi connectivity index (χ2n) is 4.75. The summed E-state index contributed by atoms with van der Waals surface area (Å²) in [5.41, 5.74) is 0.972. The van der Waals surface area contributed by atoms with Gasteiger partial charge >= 0.3 is 5.97 Å². The summed E-state index contributed by atoms with van der Waals surface area (Å²) in [6.45, 7) is 6.01. The van der Waals surface area contributed by atoms with E-state index in [-0.39, 0.29) is 5.97 Å². The molecule has 0 radical (unpaired) electrons. The zero-order valence-corrected chi connectivity index (χ0v) is 12.1. The number of rotatable bonds is 3. The summed E-state index contributed by atoms with van der Waals surface area (Å²) in [5.74, 6) is -0.331. The van der Waals surface area contributed by atoms with Gasteiger partial charge in [0.05, 0.1) is 12.2 Å². The molecule has 3 nitrogen and oxygen atoms in total. The molecule has 0 aliphatic heterocycles. The first kappa shape index (κ1) is 14.2. The number of benzene rings is 1. The van der Waals surface area contributed by atoms with Crippen LogP contribution in [-0.2, 0) is 16.1 Å². The van der Waals surface area contributed by atoms with E-state index in [0.717, 1.165) is 10.0 Å². The van der Waals surface area contributed by atoms with Crippen molar-refractivity contribution in [1.29, 1.82) is 0 Å². The number of esters is 1. The molecule has 0 heterocycles. The first-order chi connectivity index (χ1) is 7.83. The normalized spacial score (nSPS) is 11.4. The summed E-state index contributed by atoms with van der Waals surface area (Å²) >= 11 is 3.35. The molecule has 0 aliphatic rings. The maximum absolute atomic E-state index is 11.9. The number of halogens is 1. The van der Waals surface area contributed by atoms with E-state index in [4.69, 9.17) is 9.47 Å². The molecule has 1 aromatic carbocycles. The van der Waals surface area contributed by atoms with E-state index in [0.29, 0.717) is 12.2 Å². The monoisotopic (exact) mass is 300 g/mol. The molecule has 1 aromatic rings. The van der Waals surface area contributed by atoms with Crippen LogP contribution in [0, 0.1) is 0 Å². The van der Waals surface area contributed by atoms with Crippen LogP contribution in [0.1, 0.15) is 36.7 Å². The largest absolute Gasteiger partial charge is 0.456 e. The predicted octanol–water partition coefficient (Wildman–Crippen LogP) is 3.55. The van der Waals surface area contributed by atoms with Crippen LogP contribution >= 0.6 is 15.9 Å². The minimum Gasteiger partial charge on any atom is -0.456 e. The number of methoxy groups -OCH3 is 1. The van der Waals surface area contributed by atoms with E-state index in [1.165, 1.54) is 0 Å². The molecular weight excluding hydrogens is 284 g/mol. The first-order valence-electron chi connectivity index (χ1n) is 5.34. The van der Waals surface area contributed by atoms with Crippen molar-refractivity contribution in [2.45, 2.75) is 33.0 Å². The molecule has 94 valence electrons. The van der Waals surface area contributed by atoms with E-state index >= 15 is 0 Å². The van der Waals surface area contributed by atoms with Crippen molar-refractivity contribution >= 4 is 21.9 Å². The highest BCUT2D eigenvalue weighted by molar-refractivity contribution is 9.10. The maximum atomic E-state index is 11.9. The Morgan fingerprint density at radius 1 is 1.35 bits per heavy atom. The number of hydrogen-bond donors (Lipinski definition) is 0. The molecule has 0 spiro atoms. The Hall–Kier alpha value is -0.870. The van der Waals surface area contributed by atoms with Gasteiger partial charge in [-0.3, -0.25) is 0 Å². The van der Waals surface area contributed by atoms with Crippen LogP contribution in [0.4, 0.5) is 0 Å². The Labute approximate surface area is 110 Å². The molecule has 4 heteroatoms. The molecule has 0 fully saturated rings. The van der Waals surface area contributed by atoms with Crippen molar-refractivity contribution in [2.24, 2.45) is 0 Å². The van der Waals surface area contributed by atoms with Gasteiger partial charge in [-0.25, -0.2) is 4.79 Å². The standard InChI is InChI=1S/C13H17BrO3/c1-13(2,3)17-12(15)10-7-9(8-16-4)5-6-11(10)14/h5-7H,8H2,1-4H3. The van der Waals surface area contributed by atoms with Crippen molar-refractivity contribution < 1.29 is 14.3 Å². The fourth-order valence-corrected chi connectivity index (χ4v) is 1.73. The average molecular weight is 301 g/mol. The molecule has 1 rings (SSSR count). The number of ether oxygens (including phenoxy) is 2. The van der Waals surface area contributed by atoms with Gasteiger partial charge in [0.15, 0.2) is 0 Å². The topological polar surface area (TPSA) is 35.5 Å². The van der Waals surface area contributed by atoms with Gasteiger partial charge in [-0.1, -0.05) is 6.07 Å². The zero-order valence-electron chi connectivity index (χ0n) is 10.5. The van der Waals surface area contributed by atoms with Gasteiger partial charge in [0.1, 0.15) is 5.60 Å². The summed E-state index contributed by atoms with van der Waals surface area (Å²) in [6.07, 6.45) is 0. The molecule has 0 atom stereocenters. The summed E-state index contributed by atoms with van der Waals surface area (Å²) in [4.78, 5) is 11.9. The molecular formula is C13H17BrO3. The second kappa shape index (κ2) is 5.65. The Balaban J connectivity index is 2.95. The lowest BCUT2D eigenvalue weighted by atomic mass is 10.1. The van der Waals surface area contributed by atoms with Gasteiger partial charge in [0, 0.05) is 11.6 Å². The van der Waals surface area contributed by atoms with Crippen LogP contribution in [0.3, 0.4) is 0 Å². The molecule has 0 bridgehead atoms. The molecule has 0 aromatic heterocycles. The molecule has 17 heavy (non-hydrogen) atoms. The third kappa shape index (κ3) is 4.48. The lowest BCUT2D eigenvalue weighted by Gasteiger charge is -2.20. The molecule has 0 aliphatic carbocycles. The number of carbonyl (C=O) groups is 1. The van der Waals surface area contributed by atoms with E-state index in [9.17, 15) is 4.79 Å². The highest BCUT2D eigenvalue weighted by atomic mass is 79.9. The smallest absolute Gasteiger partial charge is 0.339 e. The van der Waals surface area contributed by atoms with E-state index in [1.54, 1.807) is 13.2 Å². The van der Waals surface area contributed by atoms with E-state index in [2.05, 4.69) is 15.9 Å². The third-order valence-electron chi connectivity index (χ3n) is 1.96. The quantitative estimate of drug-likeness (QED) is 0.801. The van der Waals surface area contributed by atoms with Gasteiger partial charge in [-0.2, -0.15) is 0 Å². The SMILES string of the molecule is COCc1ccc(Br)c(C(=O)OC(C)(C)C)c1. The minimum absolute atomic E-state index is 0.331. The van der Waals surface area contributed by atoms with Crippen LogP contribution in [0.15, 0.2) is 22.7 Å². The average Bonchev–Trinajstić information content (AvgIpc) is 2.18. The van der Waals surface area contributed by atoms with Gasteiger partial charge in [0.25, 0.3) is 0 Å². The second-order valence-corrected chi connectivity index (χ2v) is 5.60. The van der Waals surface area contributed by atoms with Crippen LogP contribution in [-0.4, -0.2) is 18.7 Å². The fraction of sp³-hybridized carbons (Fsp3) is 0.462. The number of carbonyl (C=O) groups excluding carboxylic acids is 1. The van der Waals surface area contributed by atoms with Crippen LogP contribution in [0.2, 0.25) is 0 Å². The third-order valence-corrected chi connectivity index (χ3v) is 2.65.